The second kappa shape index (κ2) is 3.72. The summed E-state index contributed by atoms with van der Waals surface area (Å²) in [7, 11) is 1.91. The third-order valence-corrected chi connectivity index (χ3v) is 2.37. The van der Waals surface area contributed by atoms with Gasteiger partial charge in [-0.2, -0.15) is 5.10 Å². The van der Waals surface area contributed by atoms with E-state index in [1.54, 1.807) is 4.68 Å². The summed E-state index contributed by atoms with van der Waals surface area (Å²) < 4.78 is 1.79. The van der Waals surface area contributed by atoms with Gasteiger partial charge in [0.15, 0.2) is 0 Å². The minimum Gasteiger partial charge on any atom is -0.324 e. The molecule has 1 heterocycles. The van der Waals surface area contributed by atoms with E-state index in [1.165, 1.54) is 0 Å². The van der Waals surface area contributed by atoms with Crippen molar-refractivity contribution in [3.63, 3.8) is 0 Å². The van der Waals surface area contributed by atoms with E-state index >= 15 is 0 Å². The lowest BCUT2D eigenvalue weighted by atomic mass is 9.96. The van der Waals surface area contributed by atoms with Gasteiger partial charge in [0.2, 0.25) is 0 Å². The number of hydrogen-bond donors (Lipinski definition) is 1. The van der Waals surface area contributed by atoms with E-state index in [2.05, 4.69) is 18.9 Å². The monoisotopic (exact) mass is 167 g/mol. The lowest BCUT2D eigenvalue weighted by Gasteiger charge is -2.15. The lowest BCUT2D eigenvalue weighted by molar-refractivity contribution is 0.456. The molecule has 3 nitrogen and oxygen atoms in total. The smallest absolute Gasteiger partial charge is 0.0537 e. The summed E-state index contributed by atoms with van der Waals surface area (Å²) in [5.74, 6) is 0.522. The van der Waals surface area contributed by atoms with E-state index < -0.39 is 0 Å². The average molecular weight is 167 g/mol. The average Bonchev–Trinajstić information content (AvgIpc) is 2.49. The molecule has 68 valence electrons. The molecule has 1 aromatic rings. The molecule has 0 spiro atoms. The number of aryl methyl sites for hydroxylation is 1. The maximum absolute atomic E-state index is 6.01. The summed E-state index contributed by atoms with van der Waals surface area (Å²) in [5, 5.41) is 4.09. The highest BCUT2D eigenvalue weighted by atomic mass is 15.2. The Bertz CT molecular complexity index is 242. The van der Waals surface area contributed by atoms with Crippen molar-refractivity contribution in [1.29, 1.82) is 0 Å². The second-order valence-electron chi connectivity index (χ2n) is 3.36. The van der Waals surface area contributed by atoms with Crippen molar-refractivity contribution >= 4 is 0 Å². The van der Waals surface area contributed by atoms with Gasteiger partial charge in [-0.05, 0) is 5.92 Å². The molecule has 0 bridgehead atoms. The zero-order valence-electron chi connectivity index (χ0n) is 7.99. The van der Waals surface area contributed by atoms with Gasteiger partial charge in [-0.25, -0.2) is 0 Å². The predicted molar refractivity (Wildman–Crippen MR) is 49.6 cm³/mol. The molecule has 3 heteroatoms. The van der Waals surface area contributed by atoms with Crippen molar-refractivity contribution in [2.75, 3.05) is 0 Å². The fourth-order valence-corrected chi connectivity index (χ4v) is 1.19. The lowest BCUT2D eigenvalue weighted by Crippen LogP contribution is -2.17. The first-order valence-corrected chi connectivity index (χ1v) is 4.39. The number of nitrogens with two attached hydrogens (primary N) is 1. The van der Waals surface area contributed by atoms with E-state index in [9.17, 15) is 0 Å². The molecule has 0 fully saturated rings. The van der Waals surface area contributed by atoms with Gasteiger partial charge in [-0.3, -0.25) is 4.68 Å². The van der Waals surface area contributed by atoms with Crippen molar-refractivity contribution < 1.29 is 0 Å². The quantitative estimate of drug-likeness (QED) is 0.740. The van der Waals surface area contributed by atoms with Crippen LogP contribution in [0.5, 0.6) is 0 Å². The first kappa shape index (κ1) is 9.26. The summed E-state index contributed by atoms with van der Waals surface area (Å²) in [6, 6.07) is 0.128. The highest BCUT2D eigenvalue weighted by Crippen LogP contribution is 2.20. The summed E-state index contributed by atoms with van der Waals surface area (Å²) in [6.45, 7) is 4.32. The van der Waals surface area contributed by atoms with Crippen molar-refractivity contribution in [3.8, 4) is 0 Å². The third kappa shape index (κ3) is 1.85. The molecule has 0 aliphatic carbocycles. The standard InChI is InChI=1S/C9H17N3/c1-4-7(2)9(10)8-5-11-12(3)6-8/h5-7,9H,4,10H2,1-3H3. The molecule has 0 amide bonds. The van der Waals surface area contributed by atoms with Gasteiger partial charge < -0.3 is 5.73 Å². The van der Waals surface area contributed by atoms with Crippen molar-refractivity contribution in [2.24, 2.45) is 18.7 Å². The molecule has 1 aromatic heterocycles. The maximum atomic E-state index is 6.01. The zero-order chi connectivity index (χ0) is 9.14. The largest absolute Gasteiger partial charge is 0.324 e. The van der Waals surface area contributed by atoms with Crippen LogP contribution in [0, 0.1) is 5.92 Å². The van der Waals surface area contributed by atoms with Crippen LogP contribution in [0.25, 0.3) is 0 Å². The molecule has 0 aliphatic heterocycles. The third-order valence-electron chi connectivity index (χ3n) is 2.37. The molecule has 1 rings (SSSR count). The Balaban J connectivity index is 2.70. The highest BCUT2D eigenvalue weighted by Gasteiger charge is 2.13. The normalized spacial score (nSPS) is 16.0. The summed E-state index contributed by atoms with van der Waals surface area (Å²) in [5.41, 5.74) is 7.14. The molecule has 2 atom stereocenters. The Kier molecular flexibility index (Phi) is 2.87. The Labute approximate surface area is 73.6 Å². The predicted octanol–water partition coefficient (Wildman–Crippen LogP) is 1.47. The van der Waals surface area contributed by atoms with Crippen LogP contribution in [0.15, 0.2) is 12.4 Å². The van der Waals surface area contributed by atoms with Gasteiger partial charge in [-0.15, -0.1) is 0 Å². The van der Waals surface area contributed by atoms with E-state index in [-0.39, 0.29) is 6.04 Å². The van der Waals surface area contributed by atoms with Gasteiger partial charge in [-0.1, -0.05) is 20.3 Å². The summed E-state index contributed by atoms with van der Waals surface area (Å²) >= 11 is 0. The molecule has 0 saturated carbocycles. The van der Waals surface area contributed by atoms with Crippen LogP contribution in [0.1, 0.15) is 31.9 Å². The Morgan fingerprint density at radius 2 is 2.33 bits per heavy atom. The van der Waals surface area contributed by atoms with E-state index in [0.29, 0.717) is 5.92 Å². The summed E-state index contributed by atoms with van der Waals surface area (Å²) in [6.07, 6.45) is 4.93. The molecule has 2 unspecified atom stereocenters. The fourth-order valence-electron chi connectivity index (χ4n) is 1.19. The molecular formula is C9H17N3. The van der Waals surface area contributed by atoms with Crippen molar-refractivity contribution in [1.82, 2.24) is 9.78 Å². The van der Waals surface area contributed by atoms with Crippen LogP contribution in [0.2, 0.25) is 0 Å². The molecule has 0 aromatic carbocycles. The Morgan fingerprint density at radius 1 is 1.67 bits per heavy atom. The molecule has 0 saturated heterocycles. The number of rotatable bonds is 3. The number of nitrogens with zero attached hydrogens (tertiary/aromatic N) is 2. The van der Waals surface area contributed by atoms with Crippen LogP contribution < -0.4 is 5.73 Å². The molecule has 12 heavy (non-hydrogen) atoms. The van der Waals surface area contributed by atoms with E-state index in [1.807, 2.05) is 19.4 Å². The fraction of sp³-hybridized carbons (Fsp3) is 0.667. The zero-order valence-corrected chi connectivity index (χ0v) is 7.99. The van der Waals surface area contributed by atoms with Crippen LogP contribution in [-0.2, 0) is 7.05 Å². The topological polar surface area (TPSA) is 43.8 Å². The Hall–Kier alpha value is -0.830. The van der Waals surface area contributed by atoms with Crippen LogP contribution in [0.4, 0.5) is 0 Å². The van der Waals surface area contributed by atoms with Crippen LogP contribution in [0.3, 0.4) is 0 Å². The van der Waals surface area contributed by atoms with Gasteiger partial charge >= 0.3 is 0 Å². The highest BCUT2D eigenvalue weighted by molar-refractivity contribution is 5.10. The van der Waals surface area contributed by atoms with E-state index in [0.717, 1.165) is 12.0 Å². The van der Waals surface area contributed by atoms with Gasteiger partial charge in [0, 0.05) is 24.8 Å². The van der Waals surface area contributed by atoms with Crippen molar-refractivity contribution in [2.45, 2.75) is 26.3 Å². The molecule has 0 radical (unpaired) electrons. The summed E-state index contributed by atoms with van der Waals surface area (Å²) in [4.78, 5) is 0. The molecule has 2 N–H and O–H groups in total. The Morgan fingerprint density at radius 3 is 2.75 bits per heavy atom. The number of aromatic nitrogens is 2. The molecule has 0 aliphatic rings. The maximum Gasteiger partial charge on any atom is 0.0537 e. The van der Waals surface area contributed by atoms with Crippen LogP contribution >= 0.6 is 0 Å². The van der Waals surface area contributed by atoms with E-state index in [4.69, 9.17) is 5.73 Å². The molecular weight excluding hydrogens is 150 g/mol. The first-order valence-electron chi connectivity index (χ1n) is 4.39. The minimum atomic E-state index is 0.128. The second-order valence-corrected chi connectivity index (χ2v) is 3.36. The van der Waals surface area contributed by atoms with Gasteiger partial charge in [0.1, 0.15) is 0 Å². The van der Waals surface area contributed by atoms with Gasteiger partial charge in [0.05, 0.1) is 6.20 Å². The first-order chi connectivity index (χ1) is 5.65. The number of hydrogen-bond acceptors (Lipinski definition) is 2. The minimum absolute atomic E-state index is 0.128. The van der Waals surface area contributed by atoms with Gasteiger partial charge in [0.25, 0.3) is 0 Å². The van der Waals surface area contributed by atoms with Crippen molar-refractivity contribution in [3.05, 3.63) is 18.0 Å². The SMILES string of the molecule is CCC(C)C(N)c1cnn(C)c1. The van der Waals surface area contributed by atoms with Crippen LogP contribution in [-0.4, -0.2) is 9.78 Å².